The first kappa shape index (κ1) is 29.0. The number of nitrogens with two attached hydrogens (primary N) is 1. The minimum atomic E-state index is -1.31. The van der Waals surface area contributed by atoms with Crippen molar-refractivity contribution >= 4 is 96.5 Å². The lowest BCUT2D eigenvalue weighted by molar-refractivity contribution is -0.150. The van der Waals surface area contributed by atoms with Gasteiger partial charge in [0.1, 0.15) is 34.9 Å². The number of carbonyl (C=O) groups is 3. The molecule has 0 saturated carbocycles. The molecule has 2 atom stereocenters. The van der Waals surface area contributed by atoms with E-state index in [0.29, 0.717) is 9.78 Å². The van der Waals surface area contributed by atoms with E-state index in [4.69, 9.17) is 22.2 Å². The van der Waals surface area contributed by atoms with Crippen LogP contribution >= 0.6 is 57.8 Å². The lowest BCUT2D eigenvalue weighted by Gasteiger charge is -2.49. The van der Waals surface area contributed by atoms with Gasteiger partial charge < -0.3 is 31.2 Å². The number of anilines is 1. The van der Waals surface area contributed by atoms with Gasteiger partial charge in [-0.2, -0.15) is 0 Å². The molecule has 41 heavy (non-hydrogen) atoms. The van der Waals surface area contributed by atoms with Gasteiger partial charge in [-0.3, -0.25) is 19.3 Å². The summed E-state index contributed by atoms with van der Waals surface area (Å²) in [4.78, 5) is 60.7. The Morgan fingerprint density at radius 2 is 2.10 bits per heavy atom. The first-order chi connectivity index (χ1) is 19.5. The Kier molecular flexibility index (Phi) is 8.06. The van der Waals surface area contributed by atoms with Gasteiger partial charge in [-0.15, -0.1) is 46.2 Å². The second-order valence-electron chi connectivity index (χ2n) is 8.47. The van der Waals surface area contributed by atoms with Crippen LogP contribution in [0.1, 0.15) is 5.69 Å². The lowest BCUT2D eigenvalue weighted by atomic mass is 10.0. The van der Waals surface area contributed by atoms with Crippen molar-refractivity contribution in [3.05, 3.63) is 49.7 Å². The van der Waals surface area contributed by atoms with Gasteiger partial charge in [-0.05, 0) is 11.6 Å². The fourth-order valence-corrected chi connectivity index (χ4v) is 8.70. The molecule has 0 spiro atoms. The van der Waals surface area contributed by atoms with E-state index < -0.39 is 46.1 Å². The Morgan fingerprint density at radius 3 is 2.76 bits per heavy atom. The van der Waals surface area contributed by atoms with Crippen LogP contribution in [0.5, 0.6) is 11.5 Å². The van der Waals surface area contributed by atoms with E-state index in [2.05, 4.69) is 15.5 Å². The number of phenols is 2. The predicted molar refractivity (Wildman–Crippen MR) is 157 cm³/mol. The zero-order valence-corrected chi connectivity index (χ0v) is 24.6. The molecule has 2 aliphatic heterocycles. The van der Waals surface area contributed by atoms with Crippen molar-refractivity contribution in [1.29, 1.82) is 0 Å². The summed E-state index contributed by atoms with van der Waals surface area (Å²) >= 11 is 10.8. The maximum atomic E-state index is 13.1. The number of oxime groups is 1. The summed E-state index contributed by atoms with van der Waals surface area (Å²) < 4.78 is 0.766. The predicted octanol–water partition coefficient (Wildman–Crippen LogP) is 2.25. The molecule has 0 unspecified atom stereocenters. The molecule has 0 aliphatic carbocycles. The third kappa shape index (κ3) is 5.30. The Morgan fingerprint density at radius 1 is 1.34 bits per heavy atom. The molecule has 6 N–H and O–H groups in total. The molecule has 4 heterocycles. The average molecular weight is 656 g/mol. The van der Waals surface area contributed by atoms with Crippen molar-refractivity contribution in [3.63, 3.8) is 0 Å². The number of aliphatic carboxylic acids is 1. The number of aromatic hydroxyl groups is 2. The molecule has 1 saturated heterocycles. The van der Waals surface area contributed by atoms with Gasteiger partial charge in [0.05, 0.1) is 8.91 Å². The molecule has 2 aliphatic rings. The third-order valence-electron chi connectivity index (χ3n) is 5.98. The third-order valence-corrected chi connectivity index (χ3v) is 10.9. The molecule has 18 heteroatoms. The van der Waals surface area contributed by atoms with Crippen LogP contribution in [0.2, 0.25) is 5.02 Å². The number of benzene rings is 1. The minimum absolute atomic E-state index is 0.136. The summed E-state index contributed by atoms with van der Waals surface area (Å²) in [5.74, 6) is -3.32. The fraction of sp³-hybridized carbons (Fsp3) is 0.217. The number of carboxylic acid groups (broad SMARTS) is 1. The van der Waals surface area contributed by atoms with E-state index in [9.17, 15) is 34.5 Å². The molecule has 1 fully saturated rings. The normalized spacial score (nSPS) is 18.7. The molecule has 2 aromatic heterocycles. The SMILES string of the molecule is CO/N=C(/C(=O)N[C@@H]1C(=O)N2C(C(=O)O)=C(CSc3cc(=O)c4cc(O)c(O)c(Cl)c4s3)CS[C@H]12)c1csc(N)n1. The molecule has 1 aromatic carbocycles. The van der Waals surface area contributed by atoms with Gasteiger partial charge >= 0.3 is 5.97 Å². The Balaban J connectivity index is 1.35. The van der Waals surface area contributed by atoms with Gasteiger partial charge in [0.25, 0.3) is 11.8 Å². The van der Waals surface area contributed by atoms with Crippen LogP contribution in [0.15, 0.2) is 42.9 Å². The van der Waals surface area contributed by atoms with E-state index in [1.807, 2.05) is 0 Å². The van der Waals surface area contributed by atoms with Crippen LogP contribution in [0.3, 0.4) is 0 Å². The first-order valence-corrected chi connectivity index (χ1v) is 15.5. The molecule has 0 radical (unpaired) electrons. The highest BCUT2D eigenvalue weighted by molar-refractivity contribution is 8.02. The van der Waals surface area contributed by atoms with Crippen molar-refractivity contribution in [1.82, 2.24) is 15.2 Å². The van der Waals surface area contributed by atoms with Crippen molar-refractivity contribution in [3.8, 4) is 11.5 Å². The molecule has 3 aromatic rings. The average Bonchev–Trinajstić information content (AvgIpc) is 3.37. The molecular weight excluding hydrogens is 638 g/mol. The number of carboxylic acids is 1. The maximum Gasteiger partial charge on any atom is 0.352 e. The molecule has 214 valence electrons. The highest BCUT2D eigenvalue weighted by Crippen LogP contribution is 2.44. The monoisotopic (exact) mass is 655 g/mol. The van der Waals surface area contributed by atoms with Crippen molar-refractivity contribution in [2.45, 2.75) is 15.6 Å². The van der Waals surface area contributed by atoms with Gasteiger partial charge in [0.2, 0.25) is 0 Å². The quantitative estimate of drug-likeness (QED) is 0.0779. The van der Waals surface area contributed by atoms with Crippen molar-refractivity contribution in [2.24, 2.45) is 5.16 Å². The minimum Gasteiger partial charge on any atom is -0.504 e. The zero-order valence-electron chi connectivity index (χ0n) is 20.6. The number of rotatable bonds is 8. The Bertz CT molecular complexity index is 1740. The Hall–Kier alpha value is -3.51. The van der Waals surface area contributed by atoms with Crippen LogP contribution in [-0.4, -0.2) is 78.7 Å². The number of hydrogen-bond donors (Lipinski definition) is 5. The number of fused-ring (bicyclic) bond motifs is 2. The van der Waals surface area contributed by atoms with E-state index in [-0.39, 0.29) is 48.8 Å². The van der Waals surface area contributed by atoms with E-state index in [1.54, 1.807) is 0 Å². The highest BCUT2D eigenvalue weighted by Gasteiger charge is 2.54. The number of thiazole rings is 1. The molecular formula is C23H18ClN5O8S4. The molecule has 5 rings (SSSR count). The van der Waals surface area contributed by atoms with Crippen LogP contribution in [0, 0.1) is 0 Å². The molecule has 13 nitrogen and oxygen atoms in total. The first-order valence-electron chi connectivity index (χ1n) is 11.4. The number of amides is 2. The fourth-order valence-electron chi connectivity index (χ4n) is 4.13. The number of nitrogen functional groups attached to an aromatic ring is 1. The summed E-state index contributed by atoms with van der Waals surface area (Å²) in [5, 5.41) is 37.0. The van der Waals surface area contributed by atoms with Crippen molar-refractivity contribution < 1.29 is 34.5 Å². The summed E-state index contributed by atoms with van der Waals surface area (Å²) in [6, 6.07) is 1.46. The molecule has 2 amide bonds. The highest BCUT2D eigenvalue weighted by atomic mass is 35.5. The number of nitrogens with zero attached hydrogens (tertiary/aromatic N) is 3. The van der Waals surface area contributed by atoms with Crippen LogP contribution in [0.4, 0.5) is 5.13 Å². The summed E-state index contributed by atoms with van der Waals surface area (Å²) in [6.45, 7) is 0. The van der Waals surface area contributed by atoms with Gasteiger partial charge in [0.15, 0.2) is 27.8 Å². The second-order valence-corrected chi connectivity index (χ2v) is 13.2. The summed E-state index contributed by atoms with van der Waals surface area (Å²) in [6.07, 6.45) is 0. The van der Waals surface area contributed by atoms with Gasteiger partial charge in [0, 0.05) is 28.3 Å². The number of nitrogens with one attached hydrogen (secondary N) is 1. The van der Waals surface area contributed by atoms with Crippen LogP contribution in [0.25, 0.3) is 10.1 Å². The topological polar surface area (TPSA) is 205 Å². The van der Waals surface area contributed by atoms with E-state index >= 15 is 0 Å². The van der Waals surface area contributed by atoms with Crippen LogP contribution < -0.4 is 16.5 Å². The number of phenolic OH excluding ortho intramolecular Hbond substituents is 2. The number of thioether (sulfide) groups is 2. The molecule has 0 bridgehead atoms. The van der Waals surface area contributed by atoms with E-state index in [0.717, 1.165) is 33.6 Å². The largest absolute Gasteiger partial charge is 0.504 e. The van der Waals surface area contributed by atoms with Gasteiger partial charge in [-0.25, -0.2) is 9.78 Å². The van der Waals surface area contributed by atoms with Crippen molar-refractivity contribution in [2.75, 3.05) is 24.3 Å². The Labute approximate surface area is 251 Å². The number of β-lactam (4-membered cyclic amide) rings is 1. The van der Waals surface area contributed by atoms with Crippen LogP contribution in [-0.2, 0) is 19.2 Å². The zero-order chi connectivity index (χ0) is 29.6. The number of carbonyl (C=O) groups excluding carboxylic acids is 2. The van der Waals surface area contributed by atoms with E-state index in [1.165, 1.54) is 42.1 Å². The number of hydrogen-bond acceptors (Lipinski definition) is 14. The second kappa shape index (κ2) is 11.4. The number of aromatic nitrogens is 1. The number of halogens is 1. The summed E-state index contributed by atoms with van der Waals surface area (Å²) in [7, 11) is 1.25. The lowest BCUT2D eigenvalue weighted by Crippen LogP contribution is -2.71. The van der Waals surface area contributed by atoms with Gasteiger partial charge in [-0.1, -0.05) is 16.8 Å². The maximum absolute atomic E-state index is 13.1. The smallest absolute Gasteiger partial charge is 0.352 e. The standard InChI is InChI=1S/C23H18ClN5O8S4/c1-37-28-14(9-6-40-23(25)26-9)19(33)27-15-20(34)29-16(22(35)36)7(5-39-21(15)29)4-38-12-3-10(30)8-2-11(31)17(32)13(24)18(8)41-12/h2-3,6,15,21,31-32H,4-5H2,1H3,(H2,25,26)(H,27,33)(H,35,36)/b28-14+/t15-,21-/m1/s1. The summed E-state index contributed by atoms with van der Waals surface area (Å²) in [5.41, 5.74) is 5.45.